The Balaban J connectivity index is 0.000000249. The predicted molar refractivity (Wildman–Crippen MR) is 52.8 cm³/mol. The molecule has 1 aliphatic heterocycles. The summed E-state index contributed by atoms with van der Waals surface area (Å²) in [5, 5.41) is 13.5. The molecule has 0 unspecified atom stereocenters. The van der Waals surface area contributed by atoms with Crippen LogP contribution in [0.3, 0.4) is 0 Å². The zero-order valence-electron chi connectivity index (χ0n) is 8.51. The van der Waals surface area contributed by atoms with Crippen molar-refractivity contribution in [2.75, 3.05) is 13.2 Å². The number of nitrogens with one attached hydrogen (secondary N) is 2. The first-order chi connectivity index (χ1) is 6.66. The fourth-order valence-electron chi connectivity index (χ4n) is 0.926. The molecule has 14 heavy (non-hydrogen) atoms. The minimum atomic E-state index is -0.682. The molecule has 0 atom stereocenters. The third kappa shape index (κ3) is 8.99. The van der Waals surface area contributed by atoms with Crippen molar-refractivity contribution in [3.8, 4) is 0 Å². The van der Waals surface area contributed by atoms with E-state index in [1.807, 2.05) is 0 Å². The van der Waals surface area contributed by atoms with Gasteiger partial charge in [0.15, 0.2) is 0 Å². The van der Waals surface area contributed by atoms with Gasteiger partial charge < -0.3 is 10.4 Å². The number of amides is 1. The van der Waals surface area contributed by atoms with Crippen molar-refractivity contribution >= 4 is 11.9 Å². The van der Waals surface area contributed by atoms with Crippen LogP contribution in [-0.4, -0.2) is 30.2 Å². The van der Waals surface area contributed by atoms with E-state index in [0.29, 0.717) is 19.6 Å². The summed E-state index contributed by atoms with van der Waals surface area (Å²) in [5.74, 6) is -0.589. The number of aliphatic carboxylic acids is 1. The molecule has 0 radical (unpaired) electrons. The summed E-state index contributed by atoms with van der Waals surface area (Å²) in [6, 6.07) is 0. The van der Waals surface area contributed by atoms with Crippen molar-refractivity contribution in [3.05, 3.63) is 0 Å². The van der Waals surface area contributed by atoms with Gasteiger partial charge in [-0.1, -0.05) is 19.8 Å². The third-order valence-corrected chi connectivity index (χ3v) is 1.69. The maximum Gasteiger partial charge on any atom is 0.303 e. The number of hydrogen-bond donors (Lipinski definition) is 3. The Morgan fingerprint density at radius 2 is 2.21 bits per heavy atom. The molecule has 0 spiro atoms. The van der Waals surface area contributed by atoms with Gasteiger partial charge in [0.25, 0.3) is 0 Å². The van der Waals surface area contributed by atoms with Crippen molar-refractivity contribution in [1.29, 1.82) is 0 Å². The van der Waals surface area contributed by atoms with Gasteiger partial charge >= 0.3 is 5.97 Å². The molecule has 82 valence electrons. The highest BCUT2D eigenvalue weighted by molar-refractivity contribution is 5.79. The molecule has 0 bridgehead atoms. The number of carboxylic acid groups (broad SMARTS) is 1. The largest absolute Gasteiger partial charge is 0.481 e. The van der Waals surface area contributed by atoms with E-state index < -0.39 is 5.97 Å². The molecular formula is C9H18N2O3. The molecule has 0 aromatic rings. The quantitative estimate of drug-likeness (QED) is 0.573. The molecule has 1 fully saturated rings. The Bertz CT molecular complexity index is 175. The van der Waals surface area contributed by atoms with E-state index in [9.17, 15) is 9.59 Å². The number of unbranched alkanes of at least 4 members (excludes halogenated alkanes) is 2. The van der Waals surface area contributed by atoms with Crippen LogP contribution in [0.2, 0.25) is 0 Å². The standard InChI is InChI=1S/C6H12O2.C3H6N2O/c1-2-3-4-5-6(7)8;6-3-1-4-2-5-3/h2-5H2,1H3,(H,7,8);4H,1-2H2,(H,5,6). The first kappa shape index (κ1) is 12.9. The fourth-order valence-corrected chi connectivity index (χ4v) is 0.926. The summed E-state index contributed by atoms with van der Waals surface area (Å²) in [4.78, 5) is 19.9. The first-order valence-corrected chi connectivity index (χ1v) is 4.86. The van der Waals surface area contributed by atoms with Gasteiger partial charge in [-0.05, 0) is 6.42 Å². The molecule has 1 heterocycles. The summed E-state index contributed by atoms with van der Waals surface area (Å²) >= 11 is 0. The van der Waals surface area contributed by atoms with Gasteiger partial charge in [0.2, 0.25) is 5.91 Å². The number of carbonyl (C=O) groups is 2. The van der Waals surface area contributed by atoms with Gasteiger partial charge in [0.05, 0.1) is 13.2 Å². The Morgan fingerprint density at radius 1 is 1.50 bits per heavy atom. The zero-order valence-corrected chi connectivity index (χ0v) is 8.51. The van der Waals surface area contributed by atoms with Crippen LogP contribution in [0.1, 0.15) is 32.6 Å². The Labute approximate surface area is 83.9 Å². The van der Waals surface area contributed by atoms with Crippen LogP contribution >= 0.6 is 0 Å². The van der Waals surface area contributed by atoms with E-state index in [2.05, 4.69) is 17.6 Å². The van der Waals surface area contributed by atoms with Crippen LogP contribution in [0, 0.1) is 0 Å². The normalized spacial score (nSPS) is 14.2. The molecule has 3 N–H and O–H groups in total. The smallest absolute Gasteiger partial charge is 0.303 e. The van der Waals surface area contributed by atoms with Crippen molar-refractivity contribution in [2.45, 2.75) is 32.6 Å². The lowest BCUT2D eigenvalue weighted by atomic mass is 10.2. The number of carboxylic acids is 1. The van der Waals surface area contributed by atoms with E-state index in [4.69, 9.17) is 5.11 Å². The first-order valence-electron chi connectivity index (χ1n) is 4.86. The van der Waals surface area contributed by atoms with Crippen LogP contribution in [0.15, 0.2) is 0 Å². The summed E-state index contributed by atoms with van der Waals surface area (Å²) in [5.41, 5.74) is 0. The van der Waals surface area contributed by atoms with Crippen LogP contribution in [0.5, 0.6) is 0 Å². The highest BCUT2D eigenvalue weighted by Gasteiger charge is 2.03. The van der Waals surface area contributed by atoms with Gasteiger partial charge in [-0.25, -0.2) is 0 Å². The van der Waals surface area contributed by atoms with Crippen molar-refractivity contribution in [2.24, 2.45) is 0 Å². The van der Waals surface area contributed by atoms with E-state index >= 15 is 0 Å². The van der Waals surface area contributed by atoms with Gasteiger partial charge in [0, 0.05) is 6.42 Å². The molecule has 0 saturated carbocycles. The number of carbonyl (C=O) groups excluding carboxylic acids is 1. The van der Waals surface area contributed by atoms with Gasteiger partial charge in [-0.3, -0.25) is 14.9 Å². The van der Waals surface area contributed by atoms with Gasteiger partial charge in [-0.2, -0.15) is 0 Å². The number of hydrogen-bond acceptors (Lipinski definition) is 3. The monoisotopic (exact) mass is 202 g/mol. The Kier molecular flexibility index (Phi) is 7.83. The van der Waals surface area contributed by atoms with Crippen molar-refractivity contribution < 1.29 is 14.7 Å². The van der Waals surface area contributed by atoms with Crippen LogP contribution in [0.4, 0.5) is 0 Å². The average Bonchev–Trinajstić information content (AvgIpc) is 2.57. The Hall–Kier alpha value is -1.10. The third-order valence-electron chi connectivity index (χ3n) is 1.69. The fraction of sp³-hybridized carbons (Fsp3) is 0.778. The molecule has 0 aromatic carbocycles. The summed E-state index contributed by atoms with van der Waals surface area (Å²) in [6.07, 6.45) is 3.28. The minimum Gasteiger partial charge on any atom is -0.481 e. The lowest BCUT2D eigenvalue weighted by Crippen LogP contribution is -2.14. The van der Waals surface area contributed by atoms with E-state index in [1.165, 1.54) is 0 Å². The van der Waals surface area contributed by atoms with Crippen LogP contribution in [0.25, 0.3) is 0 Å². The average molecular weight is 202 g/mol. The second kappa shape index (κ2) is 8.50. The van der Waals surface area contributed by atoms with Gasteiger partial charge in [-0.15, -0.1) is 0 Å². The van der Waals surface area contributed by atoms with Crippen molar-refractivity contribution in [1.82, 2.24) is 10.6 Å². The van der Waals surface area contributed by atoms with Crippen molar-refractivity contribution in [3.63, 3.8) is 0 Å². The molecule has 5 heteroatoms. The second-order valence-corrected chi connectivity index (χ2v) is 3.05. The molecule has 1 aliphatic rings. The van der Waals surface area contributed by atoms with Gasteiger partial charge in [0.1, 0.15) is 0 Å². The minimum absolute atomic E-state index is 0.0926. The van der Waals surface area contributed by atoms with E-state index in [0.717, 1.165) is 19.3 Å². The number of rotatable bonds is 4. The summed E-state index contributed by atoms with van der Waals surface area (Å²) in [7, 11) is 0. The summed E-state index contributed by atoms with van der Waals surface area (Å²) < 4.78 is 0. The summed E-state index contributed by atoms with van der Waals surface area (Å²) in [6.45, 7) is 3.18. The highest BCUT2D eigenvalue weighted by atomic mass is 16.4. The molecule has 0 aromatic heterocycles. The molecule has 1 amide bonds. The molecular weight excluding hydrogens is 184 g/mol. The predicted octanol–water partition coefficient (Wildman–Crippen LogP) is 0.315. The SMILES string of the molecule is CCCCCC(=O)O.O=C1CNCN1. The zero-order chi connectivity index (χ0) is 10.8. The lowest BCUT2D eigenvalue weighted by Gasteiger charge is -1.89. The van der Waals surface area contributed by atoms with Crippen LogP contribution in [-0.2, 0) is 9.59 Å². The maximum atomic E-state index is 10.1. The second-order valence-electron chi connectivity index (χ2n) is 3.05. The van der Waals surface area contributed by atoms with Crippen LogP contribution < -0.4 is 10.6 Å². The molecule has 1 saturated heterocycles. The molecule has 5 nitrogen and oxygen atoms in total. The Morgan fingerprint density at radius 3 is 2.50 bits per heavy atom. The molecule has 0 aliphatic carbocycles. The molecule has 1 rings (SSSR count). The lowest BCUT2D eigenvalue weighted by molar-refractivity contribution is -0.137. The highest BCUT2D eigenvalue weighted by Crippen LogP contribution is 1.97. The maximum absolute atomic E-state index is 10.1. The van der Waals surface area contributed by atoms with E-state index in [-0.39, 0.29) is 5.91 Å². The topological polar surface area (TPSA) is 78.4 Å². The van der Waals surface area contributed by atoms with E-state index in [1.54, 1.807) is 0 Å².